The third-order valence-corrected chi connectivity index (χ3v) is 8.42. The number of para-hydroxylation sites is 1. The van der Waals surface area contributed by atoms with E-state index in [0.717, 1.165) is 41.7 Å². The van der Waals surface area contributed by atoms with Crippen molar-refractivity contribution < 1.29 is 27.5 Å². The third-order valence-electron chi connectivity index (χ3n) is 8.11. The highest BCUT2D eigenvalue weighted by Gasteiger charge is 2.40. The van der Waals surface area contributed by atoms with Crippen LogP contribution in [0.25, 0.3) is 5.57 Å². The van der Waals surface area contributed by atoms with Crippen molar-refractivity contribution in [2.45, 2.75) is 51.0 Å². The van der Waals surface area contributed by atoms with Gasteiger partial charge in [0.1, 0.15) is 5.75 Å². The monoisotopic (exact) mass is 625 g/mol. The Labute approximate surface area is 260 Å². The molecule has 0 spiro atoms. The van der Waals surface area contributed by atoms with Gasteiger partial charge in [0.2, 0.25) is 5.91 Å². The maximum absolute atomic E-state index is 14.0. The minimum absolute atomic E-state index is 0.0143. The van der Waals surface area contributed by atoms with Gasteiger partial charge in [-0.15, -0.1) is 0 Å². The molecule has 2 bridgehead atoms. The number of nitrogens with one attached hydrogen (secondary N) is 1. The van der Waals surface area contributed by atoms with Gasteiger partial charge in [-0.2, -0.15) is 13.2 Å². The standard InChI is InChI=1S/C34H35ClF3N3O3/c1-22(42)41-20-27-18-28(25-14-12-23(13-15-25)8-6-16-44-31-11-4-3-10-29(31)35)32(30(21-41)39-27)33(43)40(2)19-24-7-5-9-26(17-24)34(36,37)38/h3-5,7,9-15,17,27,30,39H,6,8,16,18-21H2,1-2H3/t27-,30-/m1/s1. The molecule has 2 amide bonds. The van der Waals surface area contributed by atoms with Gasteiger partial charge in [0.15, 0.2) is 0 Å². The van der Waals surface area contributed by atoms with Crippen molar-refractivity contribution in [3.63, 3.8) is 0 Å². The number of likely N-dealkylation sites (N-methyl/N-ethyl adjacent to an activating group) is 1. The van der Waals surface area contributed by atoms with Crippen molar-refractivity contribution >= 4 is 29.0 Å². The zero-order chi connectivity index (χ0) is 31.4. The number of rotatable bonds is 9. The molecule has 0 saturated carbocycles. The molecule has 0 aliphatic carbocycles. The predicted molar refractivity (Wildman–Crippen MR) is 164 cm³/mol. The van der Waals surface area contributed by atoms with Crippen LogP contribution in [0, 0.1) is 0 Å². The second-order valence-corrected chi connectivity index (χ2v) is 11.8. The first-order chi connectivity index (χ1) is 21.0. The van der Waals surface area contributed by atoms with Crippen molar-refractivity contribution in [1.29, 1.82) is 0 Å². The van der Waals surface area contributed by atoms with Gasteiger partial charge < -0.3 is 19.9 Å². The second-order valence-electron chi connectivity index (χ2n) is 11.4. The maximum atomic E-state index is 14.0. The van der Waals surface area contributed by atoms with Crippen LogP contribution < -0.4 is 10.1 Å². The molecule has 0 unspecified atom stereocenters. The van der Waals surface area contributed by atoms with Gasteiger partial charge in [-0.3, -0.25) is 9.59 Å². The van der Waals surface area contributed by atoms with E-state index in [1.165, 1.54) is 17.9 Å². The summed E-state index contributed by atoms with van der Waals surface area (Å²) in [6.07, 6.45) is -2.32. The fourth-order valence-corrected chi connectivity index (χ4v) is 6.10. The molecule has 1 N–H and O–H groups in total. The molecule has 2 aliphatic heterocycles. The molecule has 0 aromatic heterocycles. The number of carbonyl (C=O) groups is 2. The molecule has 232 valence electrons. The lowest BCUT2D eigenvalue weighted by Gasteiger charge is -2.44. The highest BCUT2D eigenvalue weighted by atomic mass is 35.5. The zero-order valence-electron chi connectivity index (χ0n) is 24.7. The largest absolute Gasteiger partial charge is 0.492 e. The highest BCUT2D eigenvalue weighted by molar-refractivity contribution is 6.32. The average molecular weight is 626 g/mol. The molecule has 0 radical (unpaired) electrons. The van der Waals surface area contributed by atoms with E-state index in [9.17, 15) is 22.8 Å². The molecule has 2 atom stereocenters. The minimum atomic E-state index is -4.47. The van der Waals surface area contributed by atoms with E-state index in [-0.39, 0.29) is 30.4 Å². The molecule has 10 heteroatoms. The van der Waals surface area contributed by atoms with Gasteiger partial charge in [0.25, 0.3) is 5.91 Å². The molecule has 2 aliphatic rings. The Morgan fingerprint density at radius 3 is 2.48 bits per heavy atom. The smallest absolute Gasteiger partial charge is 0.416 e. The molecule has 2 heterocycles. The highest BCUT2D eigenvalue weighted by Crippen LogP contribution is 2.35. The summed E-state index contributed by atoms with van der Waals surface area (Å²) in [7, 11) is 1.60. The fraction of sp³-hybridized carbons (Fsp3) is 0.353. The lowest BCUT2D eigenvalue weighted by atomic mass is 9.82. The number of aryl methyl sites for hydroxylation is 1. The van der Waals surface area contributed by atoms with Gasteiger partial charge in [-0.05, 0) is 65.8 Å². The van der Waals surface area contributed by atoms with Gasteiger partial charge in [-0.25, -0.2) is 0 Å². The maximum Gasteiger partial charge on any atom is 0.416 e. The van der Waals surface area contributed by atoms with Crippen LogP contribution in [0.3, 0.4) is 0 Å². The summed E-state index contributed by atoms with van der Waals surface area (Å²) in [4.78, 5) is 29.5. The van der Waals surface area contributed by atoms with E-state index in [1.54, 1.807) is 24.1 Å². The molecule has 3 aromatic rings. The Bertz CT molecular complexity index is 1540. The van der Waals surface area contributed by atoms with E-state index in [2.05, 4.69) is 5.32 Å². The van der Waals surface area contributed by atoms with E-state index in [4.69, 9.17) is 16.3 Å². The Morgan fingerprint density at radius 2 is 1.77 bits per heavy atom. The number of ether oxygens (including phenoxy) is 1. The SMILES string of the molecule is CC(=O)N1C[C@H]2CC(c3ccc(CCCOc4ccccc4Cl)cc3)=C(C(=O)N(C)Cc3cccc(C(F)(F)F)c3)[C@@H](C1)N2. The van der Waals surface area contributed by atoms with E-state index < -0.39 is 11.7 Å². The van der Waals surface area contributed by atoms with Crippen molar-refractivity contribution in [1.82, 2.24) is 15.1 Å². The van der Waals surface area contributed by atoms with Gasteiger partial charge >= 0.3 is 6.18 Å². The second kappa shape index (κ2) is 13.4. The summed E-state index contributed by atoms with van der Waals surface area (Å²) in [5.41, 5.74) is 3.13. The average Bonchev–Trinajstić information content (AvgIpc) is 2.99. The van der Waals surface area contributed by atoms with Gasteiger partial charge in [0.05, 0.1) is 23.2 Å². The minimum Gasteiger partial charge on any atom is -0.492 e. The Hall–Kier alpha value is -3.82. The number of hydrogen-bond acceptors (Lipinski definition) is 4. The van der Waals surface area contributed by atoms with Crippen molar-refractivity contribution in [2.24, 2.45) is 0 Å². The Balaban J connectivity index is 1.35. The molecular formula is C34H35ClF3N3O3. The number of piperazine rings is 1. The summed E-state index contributed by atoms with van der Waals surface area (Å²) >= 11 is 6.17. The molecule has 3 aromatic carbocycles. The topological polar surface area (TPSA) is 61.9 Å². The molecule has 6 nitrogen and oxygen atoms in total. The lowest BCUT2D eigenvalue weighted by molar-refractivity contribution is -0.137. The first kappa shape index (κ1) is 31.6. The van der Waals surface area contributed by atoms with Crippen molar-refractivity contribution in [3.05, 3.63) is 106 Å². The van der Waals surface area contributed by atoms with Crippen LogP contribution in [0.15, 0.2) is 78.4 Å². The van der Waals surface area contributed by atoms with Gasteiger partial charge in [0, 0.05) is 45.2 Å². The molecule has 1 fully saturated rings. The molecule has 44 heavy (non-hydrogen) atoms. The van der Waals surface area contributed by atoms with Crippen LogP contribution in [0.4, 0.5) is 13.2 Å². The quantitative estimate of drug-likeness (QED) is 0.281. The molecule has 5 rings (SSSR count). The van der Waals surface area contributed by atoms with Crippen molar-refractivity contribution in [3.8, 4) is 5.75 Å². The first-order valence-electron chi connectivity index (χ1n) is 14.6. The van der Waals surface area contributed by atoms with E-state index >= 15 is 0 Å². The summed E-state index contributed by atoms with van der Waals surface area (Å²) in [5.74, 6) is 0.322. The number of amides is 2. The summed E-state index contributed by atoms with van der Waals surface area (Å²) in [5, 5.41) is 4.09. The number of alkyl halides is 3. The van der Waals surface area contributed by atoms with E-state index in [0.29, 0.717) is 48.0 Å². The van der Waals surface area contributed by atoms with Crippen LogP contribution in [0.1, 0.15) is 42.0 Å². The Morgan fingerprint density at radius 1 is 1.02 bits per heavy atom. The first-order valence-corrected chi connectivity index (χ1v) is 15.0. The summed E-state index contributed by atoms with van der Waals surface area (Å²) in [6.45, 7) is 2.94. The van der Waals surface area contributed by atoms with Crippen LogP contribution in [0.5, 0.6) is 5.75 Å². The zero-order valence-corrected chi connectivity index (χ0v) is 25.4. The number of fused-ring (bicyclic) bond motifs is 2. The van der Waals surface area contributed by atoms with Gasteiger partial charge in [-0.1, -0.05) is 60.1 Å². The summed E-state index contributed by atoms with van der Waals surface area (Å²) < 4.78 is 45.7. The van der Waals surface area contributed by atoms with E-state index in [1.807, 2.05) is 42.5 Å². The van der Waals surface area contributed by atoms with Crippen LogP contribution >= 0.6 is 11.6 Å². The predicted octanol–water partition coefficient (Wildman–Crippen LogP) is 6.38. The fourth-order valence-electron chi connectivity index (χ4n) is 5.91. The number of hydrogen-bond donors (Lipinski definition) is 1. The summed E-state index contributed by atoms with van der Waals surface area (Å²) in [6, 6.07) is 20.1. The number of benzene rings is 3. The van der Waals surface area contributed by atoms with Crippen LogP contribution in [0.2, 0.25) is 5.02 Å². The molecule has 1 saturated heterocycles. The Kier molecular flexibility index (Phi) is 9.65. The van der Waals surface area contributed by atoms with Crippen LogP contribution in [-0.2, 0) is 28.7 Å². The number of nitrogens with zero attached hydrogens (tertiary/aromatic N) is 2. The van der Waals surface area contributed by atoms with Crippen molar-refractivity contribution in [2.75, 3.05) is 26.7 Å². The lowest BCUT2D eigenvalue weighted by Crippen LogP contribution is -2.61. The molecular weight excluding hydrogens is 591 g/mol. The van der Waals surface area contributed by atoms with Crippen LogP contribution in [-0.4, -0.2) is 60.4 Å². The number of halogens is 4. The third kappa shape index (κ3) is 7.45. The number of carbonyl (C=O) groups excluding carboxylic acids is 2. The normalized spacial score (nSPS) is 18.3.